The van der Waals surface area contributed by atoms with Gasteiger partial charge in [-0.25, -0.2) is 4.98 Å². The average Bonchev–Trinajstić information content (AvgIpc) is 3.51. The van der Waals surface area contributed by atoms with Crippen molar-refractivity contribution in [2.75, 3.05) is 5.32 Å². The minimum Gasteiger partial charge on any atom is -0.481 e. The smallest absolute Gasteiger partial charge is 0.307 e. The normalized spacial score (nSPS) is 23.3. The maximum absolute atomic E-state index is 12.9. The van der Waals surface area contributed by atoms with Crippen LogP contribution in [0.4, 0.5) is 5.69 Å². The molecule has 1 fully saturated rings. The first-order valence-electron chi connectivity index (χ1n) is 10.3. The fraction of sp³-hybridized carbons (Fsp3) is 0.250. The predicted molar refractivity (Wildman–Crippen MR) is 124 cm³/mol. The molecule has 1 heterocycles. The molecule has 2 bridgehead atoms. The molecule has 4 atom stereocenters. The molecule has 1 amide bonds. The van der Waals surface area contributed by atoms with Crippen molar-refractivity contribution in [3.8, 4) is 6.07 Å². The first-order chi connectivity index (χ1) is 15.5. The molecule has 8 heteroatoms. The van der Waals surface area contributed by atoms with E-state index in [1.54, 1.807) is 17.8 Å². The topological polar surface area (TPSA) is 103 Å². The van der Waals surface area contributed by atoms with Crippen LogP contribution in [0.25, 0.3) is 10.2 Å². The van der Waals surface area contributed by atoms with Crippen LogP contribution in [0.15, 0.2) is 59.0 Å². The second kappa shape index (κ2) is 8.41. The zero-order chi connectivity index (χ0) is 22.2. The summed E-state index contributed by atoms with van der Waals surface area (Å²) in [6, 6.07) is 15.3. The summed E-state index contributed by atoms with van der Waals surface area (Å²) in [7, 11) is 0. The SMILES string of the molecule is N#Cc1ccccc1CSc1nc2ccc(NC(=O)[C@H]3[C@@H](C(=O)O)[C@H]4C=C[C@H]3C4)cc2s1. The molecular formula is C24H19N3O3S2. The molecule has 0 unspecified atom stereocenters. The summed E-state index contributed by atoms with van der Waals surface area (Å²) >= 11 is 3.11. The van der Waals surface area contributed by atoms with Gasteiger partial charge in [0, 0.05) is 11.4 Å². The Morgan fingerprint density at radius 3 is 2.75 bits per heavy atom. The second-order valence-corrected chi connectivity index (χ2v) is 10.3. The van der Waals surface area contributed by atoms with Crippen molar-refractivity contribution in [2.45, 2.75) is 16.5 Å². The number of nitriles is 1. The number of rotatable bonds is 6. The molecule has 32 heavy (non-hydrogen) atoms. The van der Waals surface area contributed by atoms with Crippen LogP contribution >= 0.6 is 23.1 Å². The van der Waals surface area contributed by atoms with Gasteiger partial charge in [-0.15, -0.1) is 11.3 Å². The van der Waals surface area contributed by atoms with Gasteiger partial charge in [-0.05, 0) is 48.1 Å². The third-order valence-electron chi connectivity index (χ3n) is 6.17. The molecule has 2 N–H and O–H groups in total. The van der Waals surface area contributed by atoms with Crippen molar-refractivity contribution in [3.63, 3.8) is 0 Å². The van der Waals surface area contributed by atoms with Crippen molar-refractivity contribution in [2.24, 2.45) is 23.7 Å². The number of aromatic nitrogens is 1. The second-order valence-electron chi connectivity index (χ2n) is 8.05. The van der Waals surface area contributed by atoms with Gasteiger partial charge < -0.3 is 10.4 Å². The van der Waals surface area contributed by atoms with E-state index in [4.69, 9.17) is 0 Å². The van der Waals surface area contributed by atoms with Crippen molar-refractivity contribution in [1.29, 1.82) is 5.26 Å². The molecule has 1 aromatic heterocycles. The Kier molecular flexibility index (Phi) is 5.45. The number of nitrogens with one attached hydrogen (secondary N) is 1. The lowest BCUT2D eigenvalue weighted by Crippen LogP contribution is -2.36. The first kappa shape index (κ1) is 20.7. The summed E-state index contributed by atoms with van der Waals surface area (Å²) < 4.78 is 1.84. The van der Waals surface area contributed by atoms with E-state index in [9.17, 15) is 20.0 Å². The summed E-state index contributed by atoms with van der Waals surface area (Å²) in [5.41, 5.74) is 3.13. The van der Waals surface area contributed by atoms with Crippen LogP contribution in [-0.4, -0.2) is 22.0 Å². The summed E-state index contributed by atoms with van der Waals surface area (Å²) in [4.78, 5) is 29.3. The fourth-order valence-corrected chi connectivity index (χ4v) is 6.79. The van der Waals surface area contributed by atoms with Crippen LogP contribution in [0, 0.1) is 35.0 Å². The predicted octanol–water partition coefficient (Wildman–Crippen LogP) is 4.92. The van der Waals surface area contributed by atoms with E-state index in [1.807, 2.05) is 48.6 Å². The quantitative estimate of drug-likeness (QED) is 0.399. The molecule has 160 valence electrons. The monoisotopic (exact) mass is 461 g/mol. The lowest BCUT2D eigenvalue weighted by molar-refractivity contribution is -0.146. The summed E-state index contributed by atoms with van der Waals surface area (Å²) in [5, 5.41) is 21.8. The largest absolute Gasteiger partial charge is 0.481 e. The fourth-order valence-electron chi connectivity index (χ4n) is 4.68. The Labute approximate surface area is 193 Å². The third kappa shape index (κ3) is 3.78. The van der Waals surface area contributed by atoms with Gasteiger partial charge in [0.1, 0.15) is 0 Å². The number of amides is 1. The zero-order valence-electron chi connectivity index (χ0n) is 16.9. The highest BCUT2D eigenvalue weighted by Crippen LogP contribution is 2.48. The molecule has 0 aliphatic heterocycles. The van der Waals surface area contributed by atoms with Gasteiger partial charge in [-0.2, -0.15) is 5.26 Å². The number of carboxylic acid groups (broad SMARTS) is 1. The highest BCUT2D eigenvalue weighted by Gasteiger charge is 2.51. The van der Waals surface area contributed by atoms with Gasteiger partial charge in [0.2, 0.25) is 5.91 Å². The molecule has 6 nitrogen and oxygen atoms in total. The standard InChI is InChI=1S/C24H19N3O3S2/c25-11-15-3-1-2-4-16(15)12-31-24-27-18-8-7-17(10-19(18)32-24)26-22(28)20-13-5-6-14(9-13)21(20)23(29)30/h1-8,10,13-14,20-21H,9,12H2,(H,26,28)(H,29,30)/t13-,14-,20+,21-/m0/s1. The number of carboxylic acids is 1. The Morgan fingerprint density at radius 1 is 1.19 bits per heavy atom. The average molecular weight is 462 g/mol. The first-order valence-corrected chi connectivity index (χ1v) is 12.1. The van der Waals surface area contributed by atoms with E-state index in [-0.39, 0.29) is 17.7 Å². The molecule has 0 spiro atoms. The molecule has 1 saturated carbocycles. The van der Waals surface area contributed by atoms with Gasteiger partial charge in [0.15, 0.2) is 4.34 Å². The molecular weight excluding hydrogens is 442 g/mol. The number of nitrogens with zero attached hydrogens (tertiary/aromatic N) is 2. The minimum absolute atomic E-state index is 0.00692. The van der Waals surface area contributed by atoms with Gasteiger partial charge in [-0.1, -0.05) is 42.1 Å². The summed E-state index contributed by atoms with van der Waals surface area (Å²) in [5.74, 6) is -1.74. The number of carbonyl (C=O) groups excluding carboxylic acids is 1. The Balaban J connectivity index is 1.30. The van der Waals surface area contributed by atoms with Gasteiger partial charge >= 0.3 is 5.97 Å². The number of fused-ring (bicyclic) bond motifs is 3. The molecule has 3 aromatic rings. The van der Waals surface area contributed by atoms with E-state index < -0.39 is 17.8 Å². The highest BCUT2D eigenvalue weighted by atomic mass is 32.2. The number of allylic oxidation sites excluding steroid dienone is 2. The van der Waals surface area contributed by atoms with Crippen LogP contribution in [0.3, 0.4) is 0 Å². The third-order valence-corrected chi connectivity index (χ3v) is 8.38. The number of thioether (sulfide) groups is 1. The number of hydrogen-bond donors (Lipinski definition) is 2. The molecule has 0 radical (unpaired) electrons. The van der Waals surface area contributed by atoms with Crippen LogP contribution in [0.1, 0.15) is 17.5 Å². The van der Waals surface area contributed by atoms with E-state index in [0.29, 0.717) is 17.0 Å². The number of aliphatic carboxylic acids is 1. The Hall–Kier alpha value is -3.15. The number of thiazole rings is 1. The van der Waals surface area contributed by atoms with E-state index in [0.717, 1.165) is 26.5 Å². The molecule has 2 aromatic carbocycles. The molecule has 2 aliphatic rings. The van der Waals surface area contributed by atoms with Crippen LogP contribution in [0.5, 0.6) is 0 Å². The molecule has 5 rings (SSSR count). The van der Waals surface area contributed by atoms with Crippen molar-refractivity contribution in [1.82, 2.24) is 4.98 Å². The van der Waals surface area contributed by atoms with Crippen molar-refractivity contribution < 1.29 is 14.7 Å². The maximum atomic E-state index is 12.9. The molecule has 2 aliphatic carbocycles. The van der Waals surface area contributed by atoms with Gasteiger partial charge in [0.25, 0.3) is 0 Å². The van der Waals surface area contributed by atoms with Crippen LogP contribution < -0.4 is 5.32 Å². The van der Waals surface area contributed by atoms with Crippen molar-refractivity contribution >= 4 is 50.9 Å². The number of hydrogen-bond acceptors (Lipinski definition) is 6. The lowest BCUT2D eigenvalue weighted by atomic mass is 9.82. The molecule has 0 saturated heterocycles. The highest BCUT2D eigenvalue weighted by molar-refractivity contribution is 8.00. The van der Waals surface area contributed by atoms with E-state index in [1.165, 1.54) is 11.3 Å². The summed E-state index contributed by atoms with van der Waals surface area (Å²) in [6.07, 6.45) is 4.65. The van der Waals surface area contributed by atoms with E-state index >= 15 is 0 Å². The van der Waals surface area contributed by atoms with Crippen molar-refractivity contribution in [3.05, 3.63) is 65.7 Å². The Bertz CT molecular complexity index is 1290. The number of carbonyl (C=O) groups is 2. The number of anilines is 1. The van der Waals surface area contributed by atoms with Gasteiger partial charge in [-0.3, -0.25) is 9.59 Å². The van der Waals surface area contributed by atoms with E-state index in [2.05, 4.69) is 16.4 Å². The lowest BCUT2D eigenvalue weighted by Gasteiger charge is -2.23. The van der Waals surface area contributed by atoms with Crippen LogP contribution in [-0.2, 0) is 15.3 Å². The van der Waals surface area contributed by atoms with Crippen LogP contribution in [0.2, 0.25) is 0 Å². The summed E-state index contributed by atoms with van der Waals surface area (Å²) in [6.45, 7) is 0. The van der Waals surface area contributed by atoms with Gasteiger partial charge in [0.05, 0.1) is 33.7 Å². The minimum atomic E-state index is -0.903. The number of benzene rings is 2. The Morgan fingerprint density at radius 2 is 1.97 bits per heavy atom. The maximum Gasteiger partial charge on any atom is 0.307 e. The zero-order valence-corrected chi connectivity index (χ0v) is 18.5.